The molecule has 0 aliphatic carbocycles. The second-order valence-electron chi connectivity index (χ2n) is 5.79. The zero-order valence-corrected chi connectivity index (χ0v) is 15.2. The summed E-state index contributed by atoms with van der Waals surface area (Å²) in [4.78, 5) is 25.6. The van der Waals surface area contributed by atoms with Crippen molar-refractivity contribution < 1.29 is 14.3 Å². The van der Waals surface area contributed by atoms with Gasteiger partial charge >= 0.3 is 0 Å². The van der Waals surface area contributed by atoms with Gasteiger partial charge in [-0.15, -0.1) is 5.10 Å². The number of hydrogen-bond donors (Lipinski definition) is 1. The SMILES string of the molecule is CC(C)Oc1nnc(S[C@H](C)C(=O)N2CCC[C@@H](C(N)=O)C2)s1. The minimum absolute atomic E-state index is 0.00229. The lowest BCUT2D eigenvalue weighted by Crippen LogP contribution is -2.46. The van der Waals surface area contributed by atoms with Gasteiger partial charge in [0.15, 0.2) is 4.34 Å². The molecule has 128 valence electrons. The number of hydrogen-bond acceptors (Lipinski definition) is 7. The summed E-state index contributed by atoms with van der Waals surface area (Å²) in [7, 11) is 0. The van der Waals surface area contributed by atoms with E-state index in [0.29, 0.717) is 22.6 Å². The van der Waals surface area contributed by atoms with Crippen LogP contribution in [-0.2, 0) is 9.59 Å². The van der Waals surface area contributed by atoms with Crippen molar-refractivity contribution in [1.29, 1.82) is 0 Å². The van der Waals surface area contributed by atoms with E-state index >= 15 is 0 Å². The van der Waals surface area contributed by atoms with Crippen LogP contribution in [0.2, 0.25) is 0 Å². The van der Waals surface area contributed by atoms with Gasteiger partial charge in [0.2, 0.25) is 11.8 Å². The number of thioether (sulfide) groups is 1. The molecule has 0 radical (unpaired) electrons. The fourth-order valence-electron chi connectivity index (χ4n) is 2.36. The highest BCUT2D eigenvalue weighted by Crippen LogP contribution is 2.31. The third kappa shape index (κ3) is 5.07. The number of ether oxygens (including phenoxy) is 1. The average Bonchev–Trinajstić information content (AvgIpc) is 2.92. The predicted octanol–water partition coefficient (Wildman–Crippen LogP) is 1.53. The lowest BCUT2D eigenvalue weighted by atomic mass is 9.97. The van der Waals surface area contributed by atoms with Gasteiger partial charge in [-0.1, -0.05) is 16.9 Å². The Hall–Kier alpha value is -1.35. The monoisotopic (exact) mass is 358 g/mol. The van der Waals surface area contributed by atoms with Gasteiger partial charge in [-0.25, -0.2) is 0 Å². The molecule has 0 saturated carbocycles. The van der Waals surface area contributed by atoms with Gasteiger partial charge in [0.05, 0.1) is 17.3 Å². The van der Waals surface area contributed by atoms with Crippen molar-refractivity contribution in [2.24, 2.45) is 11.7 Å². The van der Waals surface area contributed by atoms with E-state index in [1.165, 1.54) is 23.1 Å². The van der Waals surface area contributed by atoms with E-state index in [1.807, 2.05) is 20.8 Å². The summed E-state index contributed by atoms with van der Waals surface area (Å²) in [5, 5.41) is 8.22. The quantitative estimate of drug-likeness (QED) is 0.774. The molecule has 0 aromatic carbocycles. The Balaban J connectivity index is 1.91. The molecule has 1 aromatic rings. The van der Waals surface area contributed by atoms with E-state index in [9.17, 15) is 9.59 Å². The maximum Gasteiger partial charge on any atom is 0.295 e. The maximum absolute atomic E-state index is 12.5. The van der Waals surface area contributed by atoms with E-state index in [-0.39, 0.29) is 29.1 Å². The Labute approximate surface area is 144 Å². The Kier molecular flexibility index (Phi) is 6.23. The number of carbonyl (C=O) groups is 2. The Bertz CT molecular complexity index is 564. The van der Waals surface area contributed by atoms with Crippen LogP contribution in [0.5, 0.6) is 5.19 Å². The maximum atomic E-state index is 12.5. The number of piperidine rings is 1. The second kappa shape index (κ2) is 7.96. The number of primary amides is 1. The first-order valence-electron chi connectivity index (χ1n) is 7.61. The smallest absolute Gasteiger partial charge is 0.295 e. The van der Waals surface area contributed by atoms with Gasteiger partial charge < -0.3 is 15.4 Å². The van der Waals surface area contributed by atoms with Crippen LogP contribution in [-0.4, -0.2) is 51.4 Å². The summed E-state index contributed by atoms with van der Waals surface area (Å²) in [6, 6.07) is 0. The molecule has 23 heavy (non-hydrogen) atoms. The van der Waals surface area contributed by atoms with Gasteiger partial charge in [-0.2, -0.15) is 0 Å². The third-order valence-corrected chi connectivity index (χ3v) is 5.47. The van der Waals surface area contributed by atoms with Crippen LogP contribution >= 0.6 is 23.1 Å². The van der Waals surface area contributed by atoms with Crippen LogP contribution in [0.1, 0.15) is 33.6 Å². The standard InChI is InChI=1S/C14H22N4O3S2/c1-8(2)21-13-16-17-14(23-13)22-9(3)12(20)18-6-4-5-10(7-18)11(15)19/h8-10H,4-7H2,1-3H3,(H2,15,19)/t9-,10-/m1/s1. The third-order valence-electron chi connectivity index (χ3n) is 3.49. The molecule has 1 aliphatic rings. The summed E-state index contributed by atoms with van der Waals surface area (Å²) >= 11 is 2.69. The van der Waals surface area contributed by atoms with Crippen LogP contribution in [0, 0.1) is 5.92 Å². The molecule has 2 rings (SSSR count). The summed E-state index contributed by atoms with van der Waals surface area (Å²) in [5.74, 6) is -0.567. The molecule has 2 heterocycles. The first-order valence-corrected chi connectivity index (χ1v) is 9.31. The highest BCUT2D eigenvalue weighted by atomic mass is 32.2. The Morgan fingerprint density at radius 1 is 1.39 bits per heavy atom. The summed E-state index contributed by atoms with van der Waals surface area (Å²) in [5.41, 5.74) is 5.36. The molecule has 2 amide bonds. The lowest BCUT2D eigenvalue weighted by molar-refractivity contribution is -0.134. The molecule has 1 saturated heterocycles. The highest BCUT2D eigenvalue weighted by molar-refractivity contribution is 8.02. The summed E-state index contributed by atoms with van der Waals surface area (Å²) in [6.07, 6.45) is 1.61. The number of nitrogens with two attached hydrogens (primary N) is 1. The second-order valence-corrected chi connectivity index (χ2v) is 8.31. The molecule has 0 spiro atoms. The molecule has 1 fully saturated rings. The molecule has 1 aliphatic heterocycles. The highest BCUT2D eigenvalue weighted by Gasteiger charge is 2.30. The number of amides is 2. The fourth-order valence-corrected chi connectivity index (χ4v) is 4.40. The zero-order chi connectivity index (χ0) is 17.0. The summed E-state index contributed by atoms with van der Waals surface area (Å²) in [6.45, 7) is 6.77. The molecule has 0 bridgehead atoms. The molecular formula is C14H22N4O3S2. The van der Waals surface area contributed by atoms with E-state index in [4.69, 9.17) is 10.5 Å². The molecular weight excluding hydrogens is 336 g/mol. The van der Waals surface area contributed by atoms with Gasteiger partial charge in [-0.05, 0) is 44.9 Å². The Morgan fingerprint density at radius 2 is 2.13 bits per heavy atom. The molecule has 0 unspecified atom stereocenters. The first-order chi connectivity index (χ1) is 10.9. The Morgan fingerprint density at radius 3 is 2.78 bits per heavy atom. The van der Waals surface area contributed by atoms with Crippen molar-refractivity contribution in [2.45, 2.75) is 49.3 Å². The van der Waals surface area contributed by atoms with Crippen molar-refractivity contribution in [2.75, 3.05) is 13.1 Å². The van der Waals surface area contributed by atoms with Gasteiger partial charge in [0.25, 0.3) is 5.19 Å². The normalized spacial score (nSPS) is 19.7. The molecule has 2 atom stereocenters. The van der Waals surface area contributed by atoms with Crippen molar-refractivity contribution in [3.05, 3.63) is 0 Å². The number of likely N-dealkylation sites (tertiary alicyclic amines) is 1. The topological polar surface area (TPSA) is 98.4 Å². The molecule has 2 N–H and O–H groups in total. The zero-order valence-electron chi connectivity index (χ0n) is 13.5. The number of aromatic nitrogens is 2. The van der Waals surface area contributed by atoms with Crippen molar-refractivity contribution in [3.63, 3.8) is 0 Å². The van der Waals surface area contributed by atoms with E-state index in [0.717, 1.165) is 12.8 Å². The van der Waals surface area contributed by atoms with E-state index < -0.39 is 0 Å². The van der Waals surface area contributed by atoms with E-state index in [1.54, 1.807) is 4.90 Å². The minimum atomic E-state index is -0.331. The van der Waals surface area contributed by atoms with Crippen molar-refractivity contribution in [1.82, 2.24) is 15.1 Å². The molecule has 1 aromatic heterocycles. The number of rotatable bonds is 6. The van der Waals surface area contributed by atoms with Gasteiger partial charge in [0.1, 0.15) is 0 Å². The van der Waals surface area contributed by atoms with Gasteiger partial charge in [-0.3, -0.25) is 9.59 Å². The number of carbonyl (C=O) groups excluding carboxylic acids is 2. The lowest BCUT2D eigenvalue weighted by Gasteiger charge is -2.32. The summed E-state index contributed by atoms with van der Waals surface area (Å²) < 4.78 is 6.18. The van der Waals surface area contributed by atoms with Crippen LogP contribution in [0.3, 0.4) is 0 Å². The first kappa shape index (κ1) is 18.0. The van der Waals surface area contributed by atoms with Gasteiger partial charge in [0, 0.05) is 13.1 Å². The van der Waals surface area contributed by atoms with Crippen LogP contribution < -0.4 is 10.5 Å². The van der Waals surface area contributed by atoms with E-state index in [2.05, 4.69) is 10.2 Å². The van der Waals surface area contributed by atoms with Crippen molar-refractivity contribution >= 4 is 34.9 Å². The largest absolute Gasteiger partial charge is 0.466 e. The van der Waals surface area contributed by atoms with Crippen LogP contribution in [0.25, 0.3) is 0 Å². The minimum Gasteiger partial charge on any atom is -0.466 e. The van der Waals surface area contributed by atoms with Crippen LogP contribution in [0.4, 0.5) is 0 Å². The molecule has 9 heteroatoms. The number of nitrogens with zero attached hydrogens (tertiary/aromatic N) is 3. The predicted molar refractivity (Wildman–Crippen MR) is 89.5 cm³/mol. The average molecular weight is 358 g/mol. The molecule has 7 nitrogen and oxygen atoms in total. The fraction of sp³-hybridized carbons (Fsp3) is 0.714. The van der Waals surface area contributed by atoms with Crippen LogP contribution in [0.15, 0.2) is 4.34 Å². The van der Waals surface area contributed by atoms with Crippen molar-refractivity contribution in [3.8, 4) is 5.19 Å².